The van der Waals surface area contributed by atoms with Gasteiger partial charge in [0.25, 0.3) is 0 Å². The third kappa shape index (κ3) is 7.69. The van der Waals surface area contributed by atoms with Crippen molar-refractivity contribution in [1.82, 2.24) is 15.6 Å². The van der Waals surface area contributed by atoms with Crippen LogP contribution in [0.1, 0.15) is 31.9 Å². The third-order valence-electron chi connectivity index (χ3n) is 4.11. The van der Waals surface area contributed by atoms with E-state index in [0.717, 1.165) is 62.1 Å². The summed E-state index contributed by atoms with van der Waals surface area (Å²) in [5.41, 5.74) is 0.815. The number of nitrogens with zero attached hydrogens (tertiary/aromatic N) is 2. The van der Waals surface area contributed by atoms with Crippen LogP contribution < -0.4 is 10.6 Å². The van der Waals surface area contributed by atoms with Crippen molar-refractivity contribution in [3.8, 4) is 10.8 Å². The van der Waals surface area contributed by atoms with Gasteiger partial charge in [-0.3, -0.25) is 0 Å². The average molecular weight is 520 g/mol. The lowest BCUT2D eigenvalue weighted by Crippen LogP contribution is -2.38. The number of nitrogens with one attached hydrogen (secondary N) is 2. The van der Waals surface area contributed by atoms with Crippen LogP contribution in [-0.4, -0.2) is 50.0 Å². The first-order chi connectivity index (χ1) is 13.3. The molecule has 1 atom stereocenters. The highest BCUT2D eigenvalue weighted by Crippen LogP contribution is 2.23. The van der Waals surface area contributed by atoms with Gasteiger partial charge in [-0.25, -0.2) is 9.98 Å². The van der Waals surface area contributed by atoms with E-state index in [1.165, 1.54) is 0 Å². The zero-order valence-corrected chi connectivity index (χ0v) is 19.3. The van der Waals surface area contributed by atoms with Crippen molar-refractivity contribution in [3.63, 3.8) is 0 Å². The first kappa shape index (κ1) is 23.1. The summed E-state index contributed by atoms with van der Waals surface area (Å²) in [5, 5.41) is 8.58. The van der Waals surface area contributed by atoms with Crippen LogP contribution in [0.3, 0.4) is 0 Å². The summed E-state index contributed by atoms with van der Waals surface area (Å²) in [4.78, 5) is 10.1. The van der Waals surface area contributed by atoms with Crippen LogP contribution >= 0.6 is 35.3 Å². The molecule has 3 rings (SSSR count). The van der Waals surface area contributed by atoms with Crippen LogP contribution in [0.25, 0.3) is 10.8 Å². The van der Waals surface area contributed by atoms with E-state index in [4.69, 9.17) is 13.9 Å². The van der Waals surface area contributed by atoms with Gasteiger partial charge >= 0.3 is 0 Å². The molecule has 3 heterocycles. The van der Waals surface area contributed by atoms with Crippen molar-refractivity contribution in [2.24, 2.45) is 4.99 Å². The SMILES string of the molecule is CCNC(=NCc1coc(-c2cccs2)n1)NCCCOCC1CCCO1.I. The molecule has 0 spiro atoms. The van der Waals surface area contributed by atoms with Gasteiger partial charge in [0, 0.05) is 26.3 Å². The number of hydrogen-bond acceptors (Lipinski definition) is 6. The van der Waals surface area contributed by atoms with Gasteiger partial charge < -0.3 is 24.5 Å². The minimum absolute atomic E-state index is 0. The Balaban J connectivity index is 0.00000280. The Hall–Kier alpha value is -1.17. The predicted molar refractivity (Wildman–Crippen MR) is 122 cm³/mol. The molecule has 156 valence electrons. The van der Waals surface area contributed by atoms with Crippen molar-refractivity contribution in [2.75, 3.05) is 32.9 Å². The quantitative estimate of drug-likeness (QED) is 0.216. The summed E-state index contributed by atoms with van der Waals surface area (Å²) in [5.74, 6) is 1.42. The normalized spacial score (nSPS) is 16.8. The molecule has 1 aliphatic heterocycles. The van der Waals surface area contributed by atoms with Gasteiger partial charge in [0.05, 0.1) is 24.1 Å². The fourth-order valence-electron chi connectivity index (χ4n) is 2.77. The number of rotatable bonds is 10. The Labute approximate surface area is 187 Å². The summed E-state index contributed by atoms with van der Waals surface area (Å²) in [6.07, 6.45) is 5.15. The van der Waals surface area contributed by atoms with E-state index >= 15 is 0 Å². The molecule has 1 unspecified atom stereocenters. The summed E-state index contributed by atoms with van der Waals surface area (Å²) in [7, 11) is 0. The molecule has 0 radical (unpaired) electrons. The van der Waals surface area contributed by atoms with Crippen molar-refractivity contribution in [3.05, 3.63) is 29.5 Å². The molecular formula is C19H29IN4O3S. The molecule has 2 N–H and O–H groups in total. The number of guanidine groups is 1. The Kier molecular flexibility index (Phi) is 10.8. The lowest BCUT2D eigenvalue weighted by Gasteiger charge is -2.12. The van der Waals surface area contributed by atoms with E-state index in [-0.39, 0.29) is 24.0 Å². The number of oxazole rings is 1. The second-order valence-electron chi connectivity index (χ2n) is 6.31. The van der Waals surface area contributed by atoms with Gasteiger partial charge in [-0.15, -0.1) is 35.3 Å². The fraction of sp³-hybridized carbons (Fsp3) is 0.579. The summed E-state index contributed by atoms with van der Waals surface area (Å²) in [6.45, 7) is 6.43. The lowest BCUT2D eigenvalue weighted by atomic mass is 10.2. The largest absolute Gasteiger partial charge is 0.443 e. The molecule has 0 aromatic carbocycles. The Morgan fingerprint density at radius 1 is 1.43 bits per heavy atom. The Bertz CT molecular complexity index is 687. The number of aromatic nitrogens is 1. The van der Waals surface area contributed by atoms with Gasteiger partial charge in [0.15, 0.2) is 5.96 Å². The molecule has 2 aromatic rings. The van der Waals surface area contributed by atoms with E-state index in [1.54, 1.807) is 17.6 Å². The molecule has 0 aliphatic carbocycles. The van der Waals surface area contributed by atoms with Crippen molar-refractivity contribution < 1.29 is 13.9 Å². The maximum atomic E-state index is 5.68. The van der Waals surface area contributed by atoms with Gasteiger partial charge in [0.2, 0.25) is 5.89 Å². The lowest BCUT2D eigenvalue weighted by molar-refractivity contribution is 0.0168. The maximum absolute atomic E-state index is 5.68. The molecule has 0 amide bonds. The predicted octanol–water partition coefficient (Wildman–Crippen LogP) is 3.66. The molecule has 0 saturated carbocycles. The monoisotopic (exact) mass is 520 g/mol. The average Bonchev–Trinajstić information content (AvgIpc) is 3.44. The zero-order chi connectivity index (χ0) is 18.7. The van der Waals surface area contributed by atoms with Crippen molar-refractivity contribution in [2.45, 2.75) is 38.8 Å². The Morgan fingerprint density at radius 2 is 2.36 bits per heavy atom. The first-order valence-corrected chi connectivity index (χ1v) is 10.4. The molecule has 7 nitrogen and oxygen atoms in total. The van der Waals surface area contributed by atoms with E-state index in [0.29, 0.717) is 25.1 Å². The molecule has 28 heavy (non-hydrogen) atoms. The molecule has 1 saturated heterocycles. The smallest absolute Gasteiger partial charge is 0.236 e. The van der Waals surface area contributed by atoms with Gasteiger partial charge in [-0.1, -0.05) is 6.07 Å². The topological polar surface area (TPSA) is 80.9 Å². The third-order valence-corrected chi connectivity index (χ3v) is 4.97. The van der Waals surface area contributed by atoms with Crippen LogP contribution in [0.4, 0.5) is 0 Å². The summed E-state index contributed by atoms with van der Waals surface area (Å²) < 4.78 is 16.8. The highest BCUT2D eigenvalue weighted by molar-refractivity contribution is 14.0. The molecular weight excluding hydrogens is 491 g/mol. The van der Waals surface area contributed by atoms with Gasteiger partial charge in [0.1, 0.15) is 12.0 Å². The summed E-state index contributed by atoms with van der Waals surface area (Å²) in [6, 6.07) is 3.98. The van der Waals surface area contributed by atoms with Gasteiger partial charge in [-0.2, -0.15) is 0 Å². The fourth-order valence-corrected chi connectivity index (χ4v) is 3.42. The maximum Gasteiger partial charge on any atom is 0.236 e. The molecule has 2 aromatic heterocycles. The highest BCUT2D eigenvalue weighted by Gasteiger charge is 2.14. The molecule has 1 fully saturated rings. The van der Waals surface area contributed by atoms with E-state index in [9.17, 15) is 0 Å². The van der Waals surface area contributed by atoms with Crippen molar-refractivity contribution >= 4 is 41.3 Å². The summed E-state index contributed by atoms with van der Waals surface area (Å²) >= 11 is 1.61. The standard InChI is InChI=1S/C19H28N4O3S.HI/c1-2-20-19(21-8-5-9-24-14-16-6-3-10-25-16)22-12-15-13-26-18(23-15)17-7-4-11-27-17;/h4,7,11,13,16H,2-3,5-6,8-10,12,14H2,1H3,(H2,20,21,22);1H. The van der Waals surface area contributed by atoms with Crippen LogP contribution in [-0.2, 0) is 16.0 Å². The number of thiophene rings is 1. The van der Waals surface area contributed by atoms with Gasteiger partial charge in [-0.05, 0) is 37.6 Å². The highest BCUT2D eigenvalue weighted by atomic mass is 127. The van der Waals surface area contributed by atoms with E-state index in [1.807, 2.05) is 24.4 Å². The van der Waals surface area contributed by atoms with E-state index in [2.05, 4.69) is 20.6 Å². The Morgan fingerprint density at radius 3 is 3.11 bits per heavy atom. The number of halogens is 1. The number of ether oxygens (including phenoxy) is 2. The second kappa shape index (κ2) is 13.1. The van der Waals surface area contributed by atoms with Crippen LogP contribution in [0, 0.1) is 0 Å². The van der Waals surface area contributed by atoms with Crippen LogP contribution in [0.5, 0.6) is 0 Å². The first-order valence-electron chi connectivity index (χ1n) is 9.55. The zero-order valence-electron chi connectivity index (χ0n) is 16.2. The molecule has 1 aliphatic rings. The minimum atomic E-state index is 0. The minimum Gasteiger partial charge on any atom is -0.443 e. The number of hydrogen-bond donors (Lipinski definition) is 2. The molecule has 0 bridgehead atoms. The van der Waals surface area contributed by atoms with E-state index < -0.39 is 0 Å². The van der Waals surface area contributed by atoms with Crippen LogP contribution in [0.2, 0.25) is 0 Å². The molecule has 9 heteroatoms. The van der Waals surface area contributed by atoms with Crippen LogP contribution in [0.15, 0.2) is 33.2 Å². The number of aliphatic imine (C=N–C) groups is 1. The van der Waals surface area contributed by atoms with Crippen molar-refractivity contribution in [1.29, 1.82) is 0 Å². The second-order valence-corrected chi connectivity index (χ2v) is 7.25.